The minimum Gasteiger partial charge on any atom is -0.476 e. The van der Waals surface area contributed by atoms with Crippen LogP contribution in [0.5, 0.6) is 0 Å². The molecule has 202 valence electrons. The van der Waals surface area contributed by atoms with E-state index in [1.165, 1.54) is 23.6 Å². The number of nitrogens with zero attached hydrogens (tertiary/aromatic N) is 3. The maximum atomic E-state index is 14.6. The lowest BCUT2D eigenvalue weighted by Gasteiger charge is -2.18. The highest BCUT2D eigenvalue weighted by Gasteiger charge is 2.30. The second kappa shape index (κ2) is 11.4. The Kier molecular flexibility index (Phi) is 7.93. The van der Waals surface area contributed by atoms with E-state index < -0.39 is 29.6 Å². The molecular weight excluding hydrogens is 554 g/mol. The molecule has 1 fully saturated rings. The average Bonchev–Trinajstić information content (AvgIpc) is 3.46. The van der Waals surface area contributed by atoms with Gasteiger partial charge in [-0.05, 0) is 73.0 Å². The molecule has 2 unspecified atom stereocenters. The number of rotatable bonds is 8. The number of benzene rings is 1. The number of allylic oxidation sites excluding steroid dienone is 3. The number of carboxylic acids is 1. The van der Waals surface area contributed by atoms with Gasteiger partial charge in [0.25, 0.3) is 6.43 Å². The largest absolute Gasteiger partial charge is 0.476 e. The fourth-order valence-electron chi connectivity index (χ4n) is 4.32. The van der Waals surface area contributed by atoms with Crippen LogP contribution in [0, 0.1) is 23.6 Å². The van der Waals surface area contributed by atoms with Gasteiger partial charge in [-0.25, -0.2) is 23.2 Å². The molecule has 0 radical (unpaired) electrons. The van der Waals surface area contributed by atoms with Crippen LogP contribution < -0.4 is 0 Å². The van der Waals surface area contributed by atoms with Crippen molar-refractivity contribution >= 4 is 29.3 Å². The Balaban J connectivity index is 1.67. The van der Waals surface area contributed by atoms with E-state index >= 15 is 0 Å². The Bertz CT molecular complexity index is 1530. The summed E-state index contributed by atoms with van der Waals surface area (Å²) in [7, 11) is 0. The zero-order valence-corrected chi connectivity index (χ0v) is 21.8. The van der Waals surface area contributed by atoms with Crippen molar-refractivity contribution in [1.29, 1.82) is 0 Å². The van der Waals surface area contributed by atoms with E-state index in [-0.39, 0.29) is 17.7 Å². The molecule has 2 atom stereocenters. The zero-order chi connectivity index (χ0) is 27.7. The first-order valence-corrected chi connectivity index (χ1v) is 13.7. The highest BCUT2D eigenvalue weighted by Crippen LogP contribution is 2.39. The molecule has 0 saturated heterocycles. The van der Waals surface area contributed by atoms with Crippen molar-refractivity contribution in [2.24, 2.45) is 5.92 Å². The number of aromatic nitrogens is 3. The van der Waals surface area contributed by atoms with Crippen molar-refractivity contribution in [3.05, 3.63) is 75.7 Å². The summed E-state index contributed by atoms with van der Waals surface area (Å²) in [6.07, 6.45) is 3.24. The van der Waals surface area contributed by atoms with Crippen LogP contribution in [-0.2, 0) is 12.8 Å². The normalized spacial score (nSPS) is 18.7. The first-order chi connectivity index (χ1) is 18.7. The lowest BCUT2D eigenvalue weighted by Crippen LogP contribution is -2.17. The van der Waals surface area contributed by atoms with Crippen molar-refractivity contribution in [1.82, 2.24) is 14.8 Å². The highest BCUT2D eigenvalue weighted by atomic mass is 32.2. The topological polar surface area (TPSA) is 88.2 Å². The summed E-state index contributed by atoms with van der Waals surface area (Å²) in [6.45, 7) is 0. The van der Waals surface area contributed by atoms with Gasteiger partial charge in [-0.2, -0.15) is 13.9 Å². The molecule has 6 nitrogen and oxygen atoms in total. The number of hydrogen-bond acceptors (Lipinski definition) is 6. The third-order valence-corrected chi connectivity index (χ3v) is 7.88. The minimum atomic E-state index is -2.93. The Morgan fingerprint density at radius 1 is 1.31 bits per heavy atom. The Morgan fingerprint density at radius 3 is 2.74 bits per heavy atom. The number of carboxylic acid groups (broad SMARTS) is 1. The van der Waals surface area contributed by atoms with Crippen LogP contribution in [0.3, 0.4) is 0 Å². The molecule has 1 aromatic carbocycles. The maximum absolute atomic E-state index is 14.6. The summed E-state index contributed by atoms with van der Waals surface area (Å²) >= 11 is 1.52. The van der Waals surface area contributed by atoms with Gasteiger partial charge in [-0.15, -0.1) is 11.3 Å². The zero-order valence-electron chi connectivity index (χ0n) is 20.2. The predicted octanol–water partition coefficient (Wildman–Crippen LogP) is 6.35. The van der Waals surface area contributed by atoms with E-state index in [2.05, 4.69) is 10.9 Å². The third-order valence-electron chi connectivity index (χ3n) is 6.41. The van der Waals surface area contributed by atoms with Crippen LogP contribution in [0.2, 0.25) is 0 Å². The molecule has 2 aliphatic rings. The molecule has 0 amide bonds. The number of halogens is 4. The number of carbonyl (C=O) groups is 1. The number of alkyl halides is 3. The Labute approximate surface area is 229 Å². The molecule has 39 heavy (non-hydrogen) atoms. The first-order valence-electron chi connectivity index (χ1n) is 12.0. The smallest absolute Gasteiger partial charge is 0.355 e. The van der Waals surface area contributed by atoms with Gasteiger partial charge in [0.05, 0.1) is 22.2 Å². The Morgan fingerprint density at radius 2 is 2.10 bits per heavy atom. The molecule has 5 rings (SSSR count). The maximum Gasteiger partial charge on any atom is 0.355 e. The molecule has 12 heteroatoms. The summed E-state index contributed by atoms with van der Waals surface area (Å²) in [4.78, 5) is 15.7. The summed E-state index contributed by atoms with van der Waals surface area (Å²) in [5, 5.41) is 15.1. The quantitative estimate of drug-likeness (QED) is 0.185. The van der Waals surface area contributed by atoms with Crippen molar-refractivity contribution < 1.29 is 32.0 Å². The van der Waals surface area contributed by atoms with E-state index in [9.17, 15) is 32.0 Å². The molecule has 0 aliphatic heterocycles. The minimum absolute atomic E-state index is 0.136. The van der Waals surface area contributed by atoms with Crippen LogP contribution in [0.4, 0.5) is 17.6 Å². The average molecular weight is 576 g/mol. The molecule has 2 aliphatic carbocycles. The van der Waals surface area contributed by atoms with Crippen molar-refractivity contribution in [2.75, 3.05) is 0 Å². The molecular formula is C27H21F4N3O3S2. The van der Waals surface area contributed by atoms with Gasteiger partial charge in [-0.3, -0.25) is 0 Å². The number of thiazole rings is 1. The fraction of sp³-hybridized carbons (Fsp3) is 0.296. The van der Waals surface area contributed by atoms with Crippen molar-refractivity contribution in [3.8, 4) is 28.2 Å². The second-order valence-electron chi connectivity index (χ2n) is 9.21. The third kappa shape index (κ3) is 6.11. The summed E-state index contributed by atoms with van der Waals surface area (Å²) in [6, 6.07) is 3.93. The molecule has 0 bridgehead atoms. The van der Waals surface area contributed by atoms with E-state index in [0.29, 0.717) is 51.9 Å². The van der Waals surface area contributed by atoms with Crippen molar-refractivity contribution in [3.63, 3.8) is 0 Å². The lowest BCUT2D eigenvalue weighted by molar-refractivity contribution is 0.0691. The lowest BCUT2D eigenvalue weighted by atomic mass is 9.93. The van der Waals surface area contributed by atoms with Crippen LogP contribution in [0.25, 0.3) is 16.4 Å². The molecule has 2 aromatic heterocycles. The van der Waals surface area contributed by atoms with Gasteiger partial charge in [-0.1, -0.05) is 18.1 Å². The highest BCUT2D eigenvalue weighted by molar-refractivity contribution is 7.94. The van der Waals surface area contributed by atoms with Crippen LogP contribution in [0.15, 0.2) is 47.4 Å². The summed E-state index contributed by atoms with van der Waals surface area (Å²) in [5.41, 5.74) is 2.55. The SMILES string of the molecule is O=C(O)c1csc(-n2nc(-c3ccc(F)c(C#CC(F)F)c3)c(CC3=CC(F)C(SO)C=C3)c2CC2CC2)n1. The van der Waals surface area contributed by atoms with Gasteiger partial charge < -0.3 is 9.66 Å². The molecule has 3 aromatic rings. The Hall–Kier alpha value is -3.40. The predicted molar refractivity (Wildman–Crippen MR) is 141 cm³/mol. The summed E-state index contributed by atoms with van der Waals surface area (Å²) in [5.74, 6) is 2.28. The van der Waals surface area contributed by atoms with Crippen LogP contribution in [-0.4, -0.2) is 48.2 Å². The van der Waals surface area contributed by atoms with Crippen LogP contribution in [0.1, 0.15) is 40.2 Å². The van der Waals surface area contributed by atoms with Gasteiger partial charge in [0, 0.05) is 22.9 Å². The second-order valence-corrected chi connectivity index (χ2v) is 10.8. The molecule has 1 saturated carbocycles. The van der Waals surface area contributed by atoms with E-state index in [0.717, 1.165) is 35.9 Å². The van der Waals surface area contributed by atoms with Gasteiger partial charge >= 0.3 is 5.97 Å². The molecule has 0 spiro atoms. The monoisotopic (exact) mass is 575 g/mol. The van der Waals surface area contributed by atoms with E-state index in [1.807, 2.05) is 0 Å². The number of hydrogen-bond donors (Lipinski definition) is 2. The van der Waals surface area contributed by atoms with Crippen molar-refractivity contribution in [2.45, 2.75) is 43.5 Å². The standard InChI is InChI=1S/C27H21F4N3O3S2/c28-19-6-4-17(12-16(19)5-8-24(30)31)25-18(9-15-3-7-23(39-37)20(29)10-15)22(11-14-1-2-14)34(33-25)27-32-21(13-38-27)26(35)36/h3-4,6-7,10,12-14,20,23-24,37H,1-2,9,11H2,(H,35,36). The van der Waals surface area contributed by atoms with E-state index in [4.69, 9.17) is 5.10 Å². The first kappa shape index (κ1) is 27.2. The molecule has 2 N–H and O–H groups in total. The summed E-state index contributed by atoms with van der Waals surface area (Å²) < 4.78 is 65.3. The molecule has 2 heterocycles. The fourth-order valence-corrected chi connectivity index (χ4v) is 5.44. The van der Waals surface area contributed by atoms with Gasteiger partial charge in [0.2, 0.25) is 5.13 Å². The van der Waals surface area contributed by atoms with Crippen LogP contribution >= 0.6 is 23.4 Å². The number of aromatic carboxylic acids is 1. The van der Waals surface area contributed by atoms with Gasteiger partial charge in [0.15, 0.2) is 5.69 Å². The van der Waals surface area contributed by atoms with Gasteiger partial charge in [0.1, 0.15) is 12.0 Å². The van der Waals surface area contributed by atoms with E-state index in [1.54, 1.807) is 22.8 Å².